The number of ether oxygens (including phenoxy) is 1. The van der Waals surface area contributed by atoms with E-state index in [9.17, 15) is 4.79 Å². The van der Waals surface area contributed by atoms with Crippen LogP contribution in [0, 0.1) is 6.92 Å². The fraction of sp³-hybridized carbons (Fsp3) is 0.226. The molecule has 1 N–H and O–H groups in total. The lowest BCUT2D eigenvalue weighted by atomic mass is 10.0. The fourth-order valence-corrected chi connectivity index (χ4v) is 5.24. The Bertz CT molecular complexity index is 1700. The molecule has 7 nitrogen and oxygen atoms in total. The maximum absolute atomic E-state index is 14.0. The fourth-order valence-electron chi connectivity index (χ4n) is 4.96. The Kier molecular flexibility index (Phi) is 7.09. The number of nitrogens with one attached hydrogen (secondary N) is 1. The molecule has 39 heavy (non-hydrogen) atoms. The number of pyridine rings is 2. The summed E-state index contributed by atoms with van der Waals surface area (Å²) in [5, 5.41) is 4.67. The highest BCUT2D eigenvalue weighted by molar-refractivity contribution is 6.33. The lowest BCUT2D eigenvalue weighted by Crippen LogP contribution is -2.29. The number of benzene rings is 2. The van der Waals surface area contributed by atoms with Crippen molar-refractivity contribution in [3.8, 4) is 22.4 Å². The normalized spacial score (nSPS) is 14.0. The van der Waals surface area contributed by atoms with Gasteiger partial charge in [-0.25, -0.2) is 4.98 Å². The summed E-state index contributed by atoms with van der Waals surface area (Å²) in [7, 11) is 0. The zero-order valence-electron chi connectivity index (χ0n) is 21.6. The molecule has 8 heteroatoms. The Morgan fingerprint density at radius 1 is 0.974 bits per heavy atom. The van der Waals surface area contributed by atoms with Gasteiger partial charge in [0.25, 0.3) is 5.56 Å². The highest BCUT2D eigenvalue weighted by Crippen LogP contribution is 2.32. The van der Waals surface area contributed by atoms with Gasteiger partial charge < -0.3 is 10.1 Å². The van der Waals surface area contributed by atoms with E-state index >= 15 is 0 Å². The summed E-state index contributed by atoms with van der Waals surface area (Å²) >= 11 is 6.80. The van der Waals surface area contributed by atoms with E-state index in [1.54, 1.807) is 10.8 Å². The second kappa shape index (κ2) is 11.0. The SMILES string of the molecule is Cc1cccc(-c2ccc(-c3cc4cnc(NC5CCOCC5)nc4n(Cc4ccccc4)c3=O)c(Cl)c2)n1. The summed E-state index contributed by atoms with van der Waals surface area (Å²) in [4.78, 5) is 28.0. The molecule has 0 atom stereocenters. The van der Waals surface area contributed by atoms with Gasteiger partial charge >= 0.3 is 0 Å². The summed E-state index contributed by atoms with van der Waals surface area (Å²) in [6.07, 6.45) is 3.56. The molecule has 0 aliphatic carbocycles. The van der Waals surface area contributed by atoms with Gasteiger partial charge in [0.2, 0.25) is 5.95 Å². The molecule has 3 aromatic heterocycles. The van der Waals surface area contributed by atoms with E-state index in [1.807, 2.05) is 79.7 Å². The molecule has 0 amide bonds. The smallest absolute Gasteiger partial charge is 0.260 e. The molecule has 4 heterocycles. The molecule has 2 aromatic carbocycles. The first-order valence-corrected chi connectivity index (χ1v) is 13.5. The monoisotopic (exact) mass is 537 g/mol. The first-order chi connectivity index (χ1) is 19.0. The molecular weight excluding hydrogens is 510 g/mol. The van der Waals surface area contributed by atoms with Crippen molar-refractivity contribution in [2.45, 2.75) is 32.4 Å². The number of aromatic nitrogens is 4. The first-order valence-electron chi connectivity index (χ1n) is 13.1. The van der Waals surface area contributed by atoms with Crippen molar-refractivity contribution >= 4 is 28.6 Å². The number of anilines is 1. The predicted molar refractivity (Wildman–Crippen MR) is 155 cm³/mol. The molecule has 5 aromatic rings. The lowest BCUT2D eigenvalue weighted by molar-refractivity contribution is 0.0903. The molecule has 0 saturated carbocycles. The molecule has 1 saturated heterocycles. The van der Waals surface area contributed by atoms with Crippen LogP contribution in [0.25, 0.3) is 33.4 Å². The molecule has 1 fully saturated rings. The van der Waals surface area contributed by atoms with Gasteiger partial charge in [0.15, 0.2) is 0 Å². The minimum atomic E-state index is -0.162. The predicted octanol–water partition coefficient (Wildman–Crippen LogP) is 6.12. The molecule has 6 rings (SSSR count). The molecule has 0 spiro atoms. The van der Waals surface area contributed by atoms with Crippen LogP contribution in [0.15, 0.2) is 83.8 Å². The Morgan fingerprint density at radius 3 is 2.56 bits per heavy atom. The van der Waals surface area contributed by atoms with Crippen molar-refractivity contribution in [2.75, 3.05) is 18.5 Å². The van der Waals surface area contributed by atoms with Gasteiger partial charge in [-0.05, 0) is 49.6 Å². The molecule has 0 unspecified atom stereocenters. The summed E-state index contributed by atoms with van der Waals surface area (Å²) < 4.78 is 7.18. The van der Waals surface area contributed by atoms with Crippen LogP contribution in [0.5, 0.6) is 0 Å². The van der Waals surface area contributed by atoms with Gasteiger partial charge in [0.1, 0.15) is 5.65 Å². The van der Waals surface area contributed by atoms with Crippen LogP contribution in [-0.2, 0) is 11.3 Å². The van der Waals surface area contributed by atoms with E-state index in [0.29, 0.717) is 47.5 Å². The molecule has 1 aliphatic heterocycles. The Balaban J connectivity index is 1.45. The van der Waals surface area contributed by atoms with E-state index < -0.39 is 0 Å². The quantitative estimate of drug-likeness (QED) is 0.281. The highest BCUT2D eigenvalue weighted by Gasteiger charge is 2.19. The first kappa shape index (κ1) is 25.2. The average Bonchev–Trinajstić information content (AvgIpc) is 2.96. The maximum atomic E-state index is 14.0. The third-order valence-corrected chi connectivity index (χ3v) is 7.32. The van der Waals surface area contributed by atoms with Crippen molar-refractivity contribution in [3.05, 3.63) is 106 Å². The van der Waals surface area contributed by atoms with Crippen molar-refractivity contribution in [1.82, 2.24) is 19.5 Å². The van der Waals surface area contributed by atoms with Gasteiger partial charge in [-0.1, -0.05) is 60.1 Å². The zero-order valence-corrected chi connectivity index (χ0v) is 22.4. The minimum absolute atomic E-state index is 0.162. The summed E-state index contributed by atoms with van der Waals surface area (Å²) in [6, 6.07) is 23.6. The molecule has 196 valence electrons. The molecule has 0 radical (unpaired) electrons. The number of nitrogens with zero attached hydrogens (tertiary/aromatic N) is 4. The number of hydrogen-bond donors (Lipinski definition) is 1. The van der Waals surface area contributed by atoms with Crippen LogP contribution < -0.4 is 10.9 Å². The second-order valence-electron chi connectivity index (χ2n) is 9.80. The van der Waals surface area contributed by atoms with Crippen molar-refractivity contribution in [3.63, 3.8) is 0 Å². The van der Waals surface area contributed by atoms with Crippen LogP contribution in [0.4, 0.5) is 5.95 Å². The number of fused-ring (bicyclic) bond motifs is 1. The minimum Gasteiger partial charge on any atom is -0.381 e. The van der Waals surface area contributed by atoms with Crippen LogP contribution in [0.3, 0.4) is 0 Å². The van der Waals surface area contributed by atoms with E-state index in [4.69, 9.17) is 21.3 Å². The maximum Gasteiger partial charge on any atom is 0.260 e. The van der Waals surface area contributed by atoms with Crippen LogP contribution in [-0.4, -0.2) is 38.8 Å². The Morgan fingerprint density at radius 2 is 1.79 bits per heavy atom. The van der Waals surface area contributed by atoms with Crippen molar-refractivity contribution in [1.29, 1.82) is 0 Å². The standard InChI is InChI=1S/C31H28ClN5O2/c1-20-6-5-9-28(34-20)22-10-11-25(27(32)17-22)26-16-23-18-33-31(35-24-12-14-39-15-13-24)36-29(23)37(30(26)38)19-21-7-3-2-4-8-21/h2-11,16-18,24H,12-15,19H2,1H3,(H,33,35,36). The van der Waals surface area contributed by atoms with E-state index in [1.165, 1.54) is 0 Å². The summed E-state index contributed by atoms with van der Waals surface area (Å²) in [5.41, 5.74) is 5.23. The van der Waals surface area contributed by atoms with Crippen molar-refractivity contribution in [2.24, 2.45) is 0 Å². The summed E-state index contributed by atoms with van der Waals surface area (Å²) in [5.74, 6) is 0.511. The topological polar surface area (TPSA) is 81.9 Å². The largest absolute Gasteiger partial charge is 0.381 e. The van der Waals surface area contributed by atoms with Gasteiger partial charge in [-0.3, -0.25) is 14.3 Å². The van der Waals surface area contributed by atoms with E-state index in [2.05, 4.69) is 15.3 Å². The van der Waals surface area contributed by atoms with E-state index in [-0.39, 0.29) is 11.6 Å². The zero-order chi connectivity index (χ0) is 26.8. The Hall–Kier alpha value is -4.07. The molecule has 0 bridgehead atoms. The number of aryl methyl sites for hydroxylation is 1. The van der Waals surface area contributed by atoms with Gasteiger partial charge in [-0.2, -0.15) is 4.98 Å². The number of hydrogen-bond acceptors (Lipinski definition) is 6. The van der Waals surface area contributed by atoms with Crippen LogP contribution in [0.2, 0.25) is 5.02 Å². The molecular formula is C31H28ClN5O2. The molecule has 1 aliphatic rings. The van der Waals surface area contributed by atoms with Crippen LogP contribution in [0.1, 0.15) is 24.1 Å². The highest BCUT2D eigenvalue weighted by atomic mass is 35.5. The number of halogens is 1. The van der Waals surface area contributed by atoms with Gasteiger partial charge in [-0.15, -0.1) is 0 Å². The number of rotatable bonds is 6. The lowest BCUT2D eigenvalue weighted by Gasteiger charge is -2.23. The second-order valence-corrected chi connectivity index (χ2v) is 10.2. The third kappa shape index (κ3) is 5.41. The summed E-state index contributed by atoms with van der Waals surface area (Å²) in [6.45, 7) is 3.76. The average molecular weight is 538 g/mol. The van der Waals surface area contributed by atoms with E-state index in [0.717, 1.165) is 40.7 Å². The van der Waals surface area contributed by atoms with Crippen molar-refractivity contribution < 1.29 is 4.74 Å². The van der Waals surface area contributed by atoms with Crippen LogP contribution >= 0.6 is 11.6 Å². The van der Waals surface area contributed by atoms with Gasteiger partial charge in [0.05, 0.1) is 12.2 Å². The Labute approximate surface area is 231 Å². The van der Waals surface area contributed by atoms with Gasteiger partial charge in [0, 0.05) is 58.2 Å². The third-order valence-electron chi connectivity index (χ3n) is 7.01.